The first kappa shape index (κ1) is 20.5. The van der Waals surface area contributed by atoms with Crippen LogP contribution in [-0.4, -0.2) is 19.0 Å². The summed E-state index contributed by atoms with van der Waals surface area (Å²) >= 11 is 0. The van der Waals surface area contributed by atoms with Crippen molar-refractivity contribution in [3.8, 4) is 0 Å². The Hall–Kier alpha value is -1.48. The van der Waals surface area contributed by atoms with Crippen molar-refractivity contribution in [3.63, 3.8) is 0 Å². The lowest BCUT2D eigenvalue weighted by Gasteiger charge is -2.14. The first-order chi connectivity index (χ1) is 9.55. The number of benzene rings is 1. The summed E-state index contributed by atoms with van der Waals surface area (Å²) in [6.07, 6.45) is -9.60. The molecule has 0 heterocycles. The molecule has 0 fully saturated rings. The largest absolute Gasteiger partial charge is 0.416 e. The second-order valence-corrected chi connectivity index (χ2v) is 4.19. The number of rotatable bonds is 4. The van der Waals surface area contributed by atoms with Gasteiger partial charge in [-0.3, -0.25) is 4.79 Å². The maximum Gasteiger partial charge on any atom is 0.416 e. The van der Waals surface area contributed by atoms with Gasteiger partial charge in [0.25, 0.3) is 5.91 Å². The van der Waals surface area contributed by atoms with Gasteiger partial charge in [-0.15, -0.1) is 12.4 Å². The Kier molecular flexibility index (Phi) is 7.17. The number of hydrogen-bond acceptors (Lipinski definition) is 2. The molecule has 0 aliphatic heterocycles. The molecule has 0 aliphatic carbocycles. The highest BCUT2D eigenvalue weighted by atomic mass is 35.5. The lowest BCUT2D eigenvalue weighted by Crippen LogP contribution is -2.27. The summed E-state index contributed by atoms with van der Waals surface area (Å²) in [7, 11) is 0. The van der Waals surface area contributed by atoms with Crippen molar-refractivity contribution >= 4 is 18.3 Å². The number of nitrogens with two attached hydrogens (primary N) is 1. The molecular formula is C12H13ClF6N2O. The van der Waals surface area contributed by atoms with Crippen molar-refractivity contribution in [2.75, 3.05) is 13.1 Å². The molecule has 3 N–H and O–H groups in total. The number of alkyl halides is 6. The van der Waals surface area contributed by atoms with E-state index in [2.05, 4.69) is 5.32 Å². The van der Waals surface area contributed by atoms with E-state index in [-0.39, 0.29) is 31.6 Å². The smallest absolute Gasteiger partial charge is 0.352 e. The van der Waals surface area contributed by atoms with E-state index < -0.39 is 35.0 Å². The highest BCUT2D eigenvalue weighted by Crippen LogP contribution is 2.36. The van der Waals surface area contributed by atoms with Gasteiger partial charge in [-0.25, -0.2) is 0 Å². The maximum atomic E-state index is 12.6. The van der Waals surface area contributed by atoms with Crippen LogP contribution in [0.15, 0.2) is 18.2 Å². The fraction of sp³-hybridized carbons (Fsp3) is 0.417. The summed E-state index contributed by atoms with van der Waals surface area (Å²) in [6.45, 7) is 0.295. The predicted molar refractivity (Wildman–Crippen MR) is 69.7 cm³/mol. The van der Waals surface area contributed by atoms with E-state index in [1.165, 1.54) is 0 Å². The number of halogens is 7. The second-order valence-electron chi connectivity index (χ2n) is 4.19. The van der Waals surface area contributed by atoms with Gasteiger partial charge in [0.05, 0.1) is 11.1 Å². The van der Waals surface area contributed by atoms with Crippen LogP contribution in [0, 0.1) is 0 Å². The summed E-state index contributed by atoms with van der Waals surface area (Å²) in [5.74, 6) is -1.01. The highest BCUT2D eigenvalue weighted by molar-refractivity contribution is 5.94. The minimum atomic E-state index is -4.98. The van der Waals surface area contributed by atoms with Crippen LogP contribution in [0.25, 0.3) is 0 Å². The van der Waals surface area contributed by atoms with E-state index >= 15 is 0 Å². The molecule has 1 aromatic carbocycles. The van der Waals surface area contributed by atoms with E-state index in [4.69, 9.17) is 5.73 Å². The molecule has 0 spiro atoms. The number of carbonyl (C=O) groups is 1. The third-order valence-electron chi connectivity index (χ3n) is 2.52. The van der Waals surface area contributed by atoms with E-state index in [1.807, 2.05) is 0 Å². The first-order valence-corrected chi connectivity index (χ1v) is 5.83. The van der Waals surface area contributed by atoms with Crippen molar-refractivity contribution in [1.29, 1.82) is 0 Å². The molecule has 0 bridgehead atoms. The minimum absolute atomic E-state index is 0. The minimum Gasteiger partial charge on any atom is -0.352 e. The fourth-order valence-corrected chi connectivity index (χ4v) is 1.49. The number of carbonyl (C=O) groups excluding carboxylic acids is 1. The first-order valence-electron chi connectivity index (χ1n) is 5.83. The van der Waals surface area contributed by atoms with Gasteiger partial charge in [0, 0.05) is 12.1 Å². The van der Waals surface area contributed by atoms with Crippen molar-refractivity contribution in [2.45, 2.75) is 18.8 Å². The zero-order valence-corrected chi connectivity index (χ0v) is 11.8. The molecule has 0 atom stereocenters. The Morgan fingerprint density at radius 3 is 1.82 bits per heavy atom. The Morgan fingerprint density at radius 1 is 1.00 bits per heavy atom. The van der Waals surface area contributed by atoms with Crippen LogP contribution >= 0.6 is 12.4 Å². The van der Waals surface area contributed by atoms with Crippen LogP contribution in [0.4, 0.5) is 26.3 Å². The lowest BCUT2D eigenvalue weighted by atomic mass is 10.0. The summed E-state index contributed by atoms with van der Waals surface area (Å²) in [4.78, 5) is 11.6. The third kappa shape index (κ3) is 5.72. The molecule has 22 heavy (non-hydrogen) atoms. The van der Waals surface area contributed by atoms with Gasteiger partial charge in [-0.2, -0.15) is 26.3 Å². The molecule has 10 heteroatoms. The molecule has 0 aliphatic rings. The van der Waals surface area contributed by atoms with Crippen LogP contribution in [-0.2, 0) is 12.4 Å². The monoisotopic (exact) mass is 350 g/mol. The molecule has 1 aromatic rings. The Bertz CT molecular complexity index is 483. The number of amides is 1. The molecule has 3 nitrogen and oxygen atoms in total. The summed E-state index contributed by atoms with van der Waals surface area (Å²) in [5.41, 5.74) is 1.41. The third-order valence-corrected chi connectivity index (χ3v) is 2.52. The topological polar surface area (TPSA) is 55.1 Å². The molecule has 126 valence electrons. The molecule has 0 radical (unpaired) electrons. The van der Waals surface area contributed by atoms with Gasteiger partial charge >= 0.3 is 12.4 Å². The Labute approximate surface area is 128 Å². The molecule has 0 saturated carbocycles. The molecule has 1 amide bonds. The van der Waals surface area contributed by atoms with Gasteiger partial charge in [-0.1, -0.05) is 0 Å². The van der Waals surface area contributed by atoms with Gasteiger partial charge in [0.1, 0.15) is 0 Å². The second kappa shape index (κ2) is 7.68. The standard InChI is InChI=1S/C12H12F6N2O.ClH/c13-11(14,15)8-4-7(10(21)20-3-1-2-19)5-9(6-8)12(16,17)18;/h4-6H,1-3,19H2,(H,20,21);1H. The van der Waals surface area contributed by atoms with Crippen LogP contribution in [0.5, 0.6) is 0 Å². The van der Waals surface area contributed by atoms with Crippen LogP contribution < -0.4 is 11.1 Å². The normalized spacial score (nSPS) is 11.8. The molecular weight excluding hydrogens is 338 g/mol. The summed E-state index contributed by atoms with van der Waals surface area (Å²) in [5, 5.41) is 2.20. The van der Waals surface area contributed by atoms with Crippen LogP contribution in [0.1, 0.15) is 27.9 Å². The average molecular weight is 351 g/mol. The van der Waals surface area contributed by atoms with Gasteiger partial charge < -0.3 is 11.1 Å². The highest BCUT2D eigenvalue weighted by Gasteiger charge is 2.37. The lowest BCUT2D eigenvalue weighted by molar-refractivity contribution is -0.143. The van der Waals surface area contributed by atoms with Gasteiger partial charge in [-0.05, 0) is 31.2 Å². The van der Waals surface area contributed by atoms with Crippen molar-refractivity contribution in [2.24, 2.45) is 5.73 Å². The van der Waals surface area contributed by atoms with E-state index in [1.54, 1.807) is 0 Å². The summed E-state index contributed by atoms with van der Waals surface area (Å²) in [6, 6.07) is 0.733. The molecule has 0 saturated heterocycles. The van der Waals surface area contributed by atoms with Crippen molar-refractivity contribution < 1.29 is 31.1 Å². The van der Waals surface area contributed by atoms with Crippen molar-refractivity contribution in [3.05, 3.63) is 34.9 Å². The number of hydrogen-bond donors (Lipinski definition) is 2. The Balaban J connectivity index is 0.00000441. The Morgan fingerprint density at radius 2 is 1.45 bits per heavy atom. The zero-order valence-electron chi connectivity index (χ0n) is 11.0. The molecule has 0 unspecified atom stereocenters. The maximum absolute atomic E-state index is 12.6. The van der Waals surface area contributed by atoms with Gasteiger partial charge in [0.15, 0.2) is 0 Å². The quantitative estimate of drug-likeness (QED) is 0.647. The van der Waals surface area contributed by atoms with E-state index in [0.29, 0.717) is 18.6 Å². The fourth-order valence-electron chi connectivity index (χ4n) is 1.49. The zero-order chi connectivity index (χ0) is 16.3. The SMILES string of the molecule is Cl.NCCCNC(=O)c1cc(C(F)(F)F)cc(C(F)(F)F)c1. The van der Waals surface area contributed by atoms with Gasteiger partial charge in [0.2, 0.25) is 0 Å². The number of nitrogens with one attached hydrogen (secondary N) is 1. The van der Waals surface area contributed by atoms with Crippen LogP contribution in [0.3, 0.4) is 0 Å². The van der Waals surface area contributed by atoms with Crippen LogP contribution in [0.2, 0.25) is 0 Å². The molecule has 0 aromatic heterocycles. The van der Waals surface area contributed by atoms with E-state index in [9.17, 15) is 31.1 Å². The average Bonchev–Trinajstić information content (AvgIpc) is 2.36. The van der Waals surface area contributed by atoms with E-state index in [0.717, 1.165) is 0 Å². The summed E-state index contributed by atoms with van der Waals surface area (Å²) < 4.78 is 75.5. The van der Waals surface area contributed by atoms with Crippen molar-refractivity contribution in [1.82, 2.24) is 5.32 Å². The molecule has 1 rings (SSSR count). The predicted octanol–water partition coefficient (Wildman–Crippen LogP) is 3.22.